The van der Waals surface area contributed by atoms with Gasteiger partial charge in [0.1, 0.15) is 0 Å². The number of hydrogen-bond acceptors (Lipinski definition) is 4. The van der Waals surface area contributed by atoms with E-state index in [0.29, 0.717) is 12.6 Å². The minimum atomic E-state index is -4.44. The number of nitrogens with zero attached hydrogens (tertiary/aromatic N) is 3. The molecule has 0 aliphatic carbocycles. The monoisotopic (exact) mass is 367 g/mol. The van der Waals surface area contributed by atoms with Crippen molar-refractivity contribution in [1.82, 2.24) is 25.6 Å². The molecular weight excluding hydrogens is 347 g/mol. The highest BCUT2D eigenvalue weighted by Crippen LogP contribution is 2.32. The quantitative estimate of drug-likeness (QED) is 0.821. The number of hydrogen-bond donors (Lipinski definition) is 2. The van der Waals surface area contributed by atoms with E-state index < -0.39 is 11.7 Å². The fraction of sp³-hybridized carbons (Fsp3) is 0.471. The van der Waals surface area contributed by atoms with E-state index in [2.05, 4.69) is 20.9 Å². The minimum Gasteiger partial charge on any atom is -0.351 e. The Labute approximate surface area is 148 Å². The number of amides is 1. The van der Waals surface area contributed by atoms with Crippen molar-refractivity contribution in [2.75, 3.05) is 13.1 Å². The van der Waals surface area contributed by atoms with Crippen LogP contribution in [0.25, 0.3) is 0 Å². The van der Waals surface area contributed by atoms with Crippen molar-refractivity contribution < 1.29 is 18.0 Å². The maximum atomic E-state index is 13.0. The van der Waals surface area contributed by atoms with Crippen molar-refractivity contribution in [3.05, 3.63) is 47.3 Å². The zero-order valence-corrected chi connectivity index (χ0v) is 14.1. The number of benzene rings is 1. The summed E-state index contributed by atoms with van der Waals surface area (Å²) in [7, 11) is 0. The summed E-state index contributed by atoms with van der Waals surface area (Å²) < 4.78 is 40.3. The molecule has 0 bridgehead atoms. The lowest BCUT2D eigenvalue weighted by Crippen LogP contribution is -2.30. The van der Waals surface area contributed by atoms with E-state index in [-0.39, 0.29) is 23.7 Å². The van der Waals surface area contributed by atoms with Gasteiger partial charge in [0.25, 0.3) is 5.91 Å². The molecule has 1 aromatic heterocycles. The van der Waals surface area contributed by atoms with Crippen molar-refractivity contribution in [1.29, 1.82) is 0 Å². The summed E-state index contributed by atoms with van der Waals surface area (Å²) in [5, 5.41) is 13.6. The van der Waals surface area contributed by atoms with Crippen LogP contribution in [-0.2, 0) is 12.7 Å². The van der Waals surface area contributed by atoms with E-state index in [1.807, 2.05) is 0 Å². The lowest BCUT2D eigenvalue weighted by molar-refractivity contribution is -0.138. The summed E-state index contributed by atoms with van der Waals surface area (Å²) in [6, 6.07) is 5.71. The molecule has 3 rings (SSSR count). The third-order valence-electron chi connectivity index (χ3n) is 4.37. The van der Waals surface area contributed by atoms with Gasteiger partial charge in [-0.25, -0.2) is 4.68 Å². The molecule has 0 radical (unpaired) electrons. The third kappa shape index (κ3) is 4.60. The molecule has 26 heavy (non-hydrogen) atoms. The van der Waals surface area contributed by atoms with Crippen LogP contribution in [-0.4, -0.2) is 40.0 Å². The van der Waals surface area contributed by atoms with Crippen molar-refractivity contribution in [3.8, 4) is 0 Å². The average Bonchev–Trinajstić information content (AvgIpc) is 3.26. The summed E-state index contributed by atoms with van der Waals surface area (Å²) in [5.74, 6) is -0.377. The molecule has 1 atom stereocenters. The highest BCUT2D eigenvalue weighted by Gasteiger charge is 2.33. The van der Waals surface area contributed by atoms with Gasteiger partial charge in [-0.15, -0.1) is 5.10 Å². The summed E-state index contributed by atoms with van der Waals surface area (Å²) in [6.45, 7) is 1.41. The van der Waals surface area contributed by atoms with Gasteiger partial charge in [0.15, 0.2) is 5.69 Å². The lowest BCUT2D eigenvalue weighted by atomic mass is 10.1. The molecule has 2 N–H and O–H groups in total. The summed E-state index contributed by atoms with van der Waals surface area (Å²) >= 11 is 0. The lowest BCUT2D eigenvalue weighted by Gasteiger charge is -2.12. The topological polar surface area (TPSA) is 71.8 Å². The van der Waals surface area contributed by atoms with Gasteiger partial charge < -0.3 is 10.6 Å². The molecule has 1 saturated heterocycles. The zero-order valence-electron chi connectivity index (χ0n) is 14.1. The molecule has 0 unspecified atom stereocenters. The van der Waals surface area contributed by atoms with Crippen molar-refractivity contribution >= 4 is 5.91 Å². The number of halogens is 3. The molecule has 2 aromatic rings. The van der Waals surface area contributed by atoms with Crippen LogP contribution < -0.4 is 10.6 Å². The molecule has 1 aromatic carbocycles. The Kier molecular flexibility index (Phi) is 5.55. The van der Waals surface area contributed by atoms with Crippen LogP contribution in [0.3, 0.4) is 0 Å². The van der Waals surface area contributed by atoms with Gasteiger partial charge in [0.05, 0.1) is 18.3 Å². The highest BCUT2D eigenvalue weighted by molar-refractivity contribution is 5.91. The Morgan fingerprint density at radius 3 is 2.88 bits per heavy atom. The van der Waals surface area contributed by atoms with E-state index in [1.165, 1.54) is 29.1 Å². The second kappa shape index (κ2) is 7.86. The Morgan fingerprint density at radius 1 is 1.35 bits per heavy atom. The minimum absolute atomic E-state index is 0.0733. The molecular formula is C17H20F3N5O. The van der Waals surface area contributed by atoms with Crippen molar-refractivity contribution in [2.24, 2.45) is 0 Å². The van der Waals surface area contributed by atoms with Gasteiger partial charge in [-0.2, -0.15) is 13.2 Å². The number of alkyl halides is 3. The van der Waals surface area contributed by atoms with E-state index in [1.54, 1.807) is 0 Å². The molecule has 0 spiro atoms. The standard InChI is InChI=1S/C17H20F3N5O/c18-17(19,20)14-6-2-1-4-12(14)10-25-11-15(23-24-25)16(26)22-9-7-13-5-3-8-21-13/h1-2,4,6,11,13,21H,3,5,7-10H2,(H,22,26)/t13-/m1/s1. The van der Waals surface area contributed by atoms with Crippen molar-refractivity contribution in [2.45, 2.75) is 38.0 Å². The number of aromatic nitrogens is 3. The average molecular weight is 367 g/mol. The Balaban J connectivity index is 1.58. The van der Waals surface area contributed by atoms with Crippen LogP contribution in [0, 0.1) is 0 Å². The first-order valence-corrected chi connectivity index (χ1v) is 8.50. The summed E-state index contributed by atoms with van der Waals surface area (Å²) in [5.41, 5.74) is -0.552. The van der Waals surface area contributed by atoms with Gasteiger partial charge >= 0.3 is 6.18 Å². The molecule has 1 aliphatic rings. The smallest absolute Gasteiger partial charge is 0.351 e. The number of carbonyl (C=O) groups excluding carboxylic acids is 1. The Hall–Kier alpha value is -2.42. The van der Waals surface area contributed by atoms with Gasteiger partial charge in [-0.3, -0.25) is 4.79 Å². The van der Waals surface area contributed by atoms with Gasteiger partial charge in [0.2, 0.25) is 0 Å². The van der Waals surface area contributed by atoms with E-state index in [9.17, 15) is 18.0 Å². The molecule has 0 saturated carbocycles. The van der Waals surface area contributed by atoms with Crippen LogP contribution in [0.15, 0.2) is 30.5 Å². The number of nitrogens with one attached hydrogen (secondary N) is 2. The molecule has 1 fully saturated rings. The van der Waals surface area contributed by atoms with Crippen LogP contribution >= 0.6 is 0 Å². The van der Waals surface area contributed by atoms with Crippen LogP contribution in [0.5, 0.6) is 0 Å². The second-order valence-corrected chi connectivity index (χ2v) is 6.29. The first-order chi connectivity index (χ1) is 12.4. The van der Waals surface area contributed by atoms with Gasteiger partial charge in [0, 0.05) is 12.6 Å². The van der Waals surface area contributed by atoms with Crippen LogP contribution in [0.2, 0.25) is 0 Å². The summed E-state index contributed by atoms with van der Waals surface area (Å²) in [4.78, 5) is 12.1. The largest absolute Gasteiger partial charge is 0.416 e. The van der Waals surface area contributed by atoms with Crippen LogP contribution in [0.4, 0.5) is 13.2 Å². The van der Waals surface area contributed by atoms with Crippen molar-refractivity contribution in [3.63, 3.8) is 0 Å². The molecule has 2 heterocycles. The maximum absolute atomic E-state index is 13.0. The van der Waals surface area contributed by atoms with Crippen LogP contribution in [0.1, 0.15) is 40.9 Å². The molecule has 140 valence electrons. The Bertz CT molecular complexity index is 753. The third-order valence-corrected chi connectivity index (χ3v) is 4.37. The number of carbonyl (C=O) groups is 1. The predicted octanol–water partition coefficient (Wildman–Crippen LogP) is 2.22. The SMILES string of the molecule is O=C(NCC[C@H]1CCCN1)c1cn(Cc2ccccc2C(F)(F)F)nn1. The highest BCUT2D eigenvalue weighted by atomic mass is 19.4. The maximum Gasteiger partial charge on any atom is 0.416 e. The van der Waals surface area contributed by atoms with E-state index >= 15 is 0 Å². The Morgan fingerprint density at radius 2 is 2.15 bits per heavy atom. The molecule has 6 nitrogen and oxygen atoms in total. The predicted molar refractivity (Wildman–Crippen MR) is 88.5 cm³/mol. The van der Waals surface area contributed by atoms with E-state index in [0.717, 1.165) is 31.9 Å². The molecule has 9 heteroatoms. The zero-order chi connectivity index (χ0) is 18.6. The van der Waals surface area contributed by atoms with Gasteiger partial charge in [-0.1, -0.05) is 23.4 Å². The first-order valence-electron chi connectivity index (χ1n) is 8.50. The normalized spacial score (nSPS) is 17.4. The first kappa shape index (κ1) is 18.4. The van der Waals surface area contributed by atoms with Gasteiger partial charge in [-0.05, 0) is 37.4 Å². The second-order valence-electron chi connectivity index (χ2n) is 6.29. The fourth-order valence-corrected chi connectivity index (χ4v) is 3.04. The molecule has 1 amide bonds. The fourth-order valence-electron chi connectivity index (χ4n) is 3.04. The summed E-state index contributed by atoms with van der Waals surface area (Å²) in [6.07, 6.45) is -0.00218. The van der Waals surface area contributed by atoms with E-state index in [4.69, 9.17) is 0 Å². The number of rotatable bonds is 6. The molecule has 1 aliphatic heterocycles.